The normalized spacial score (nSPS) is 28.0. The van der Waals surface area contributed by atoms with Gasteiger partial charge in [0.15, 0.2) is 6.61 Å². The molecule has 2 atom stereocenters. The van der Waals surface area contributed by atoms with Crippen LogP contribution in [0.3, 0.4) is 0 Å². The van der Waals surface area contributed by atoms with Crippen LogP contribution >= 0.6 is 0 Å². The summed E-state index contributed by atoms with van der Waals surface area (Å²) in [6, 6.07) is 0.434. The third kappa shape index (κ3) is 4.47. The lowest BCUT2D eigenvalue weighted by molar-refractivity contribution is -0.205. The van der Waals surface area contributed by atoms with Gasteiger partial charge in [0.1, 0.15) is 0 Å². The van der Waals surface area contributed by atoms with E-state index in [2.05, 4.69) is 0 Å². The molecule has 142 valence electrons. The van der Waals surface area contributed by atoms with Crippen LogP contribution in [0.15, 0.2) is 0 Å². The molecule has 0 aromatic heterocycles. The van der Waals surface area contributed by atoms with Crippen LogP contribution < -0.4 is 0 Å². The van der Waals surface area contributed by atoms with Crippen molar-refractivity contribution in [2.75, 3.05) is 6.61 Å². The molecule has 25 heavy (non-hydrogen) atoms. The molecule has 0 aromatic carbocycles. The summed E-state index contributed by atoms with van der Waals surface area (Å²) < 4.78 is 44.4. The first-order valence-corrected chi connectivity index (χ1v) is 9.42. The number of carbonyl (C=O) groups is 2. The van der Waals surface area contributed by atoms with Gasteiger partial charge in [-0.3, -0.25) is 9.59 Å². The van der Waals surface area contributed by atoms with E-state index in [1.807, 2.05) is 4.90 Å². The Morgan fingerprint density at radius 3 is 2.04 bits per heavy atom. The maximum absolute atomic E-state index is 13.1. The van der Waals surface area contributed by atoms with E-state index < -0.39 is 30.6 Å². The number of rotatable bonds is 5. The topological polar surface area (TPSA) is 46.6 Å². The van der Waals surface area contributed by atoms with Crippen molar-refractivity contribution in [1.82, 2.24) is 4.90 Å². The summed E-state index contributed by atoms with van der Waals surface area (Å²) in [7, 11) is 0. The Morgan fingerprint density at radius 2 is 1.44 bits per heavy atom. The van der Waals surface area contributed by atoms with Gasteiger partial charge < -0.3 is 9.64 Å². The van der Waals surface area contributed by atoms with Crippen LogP contribution in [-0.2, 0) is 14.3 Å². The molecule has 3 aliphatic carbocycles. The van der Waals surface area contributed by atoms with Gasteiger partial charge in [-0.05, 0) is 38.5 Å². The standard InChI is InChI=1S/C18H26F3NO3/c19-18(20,21)15-8-4-3-7-14(15)17(24)25-11-16(23)22(13-9-10-13)12-5-1-2-6-12/h12-15H,1-11H2. The van der Waals surface area contributed by atoms with E-state index in [1.54, 1.807) is 0 Å². The number of nitrogens with zero attached hydrogens (tertiary/aromatic N) is 1. The smallest absolute Gasteiger partial charge is 0.392 e. The predicted octanol–water partition coefficient (Wildman–Crippen LogP) is 3.83. The van der Waals surface area contributed by atoms with Crippen molar-refractivity contribution < 1.29 is 27.5 Å². The summed E-state index contributed by atoms with van der Waals surface area (Å²) in [5, 5.41) is 0. The minimum atomic E-state index is -4.39. The highest BCUT2D eigenvalue weighted by Gasteiger charge is 2.49. The van der Waals surface area contributed by atoms with Gasteiger partial charge in [-0.25, -0.2) is 0 Å². The average molecular weight is 361 g/mol. The number of carbonyl (C=O) groups excluding carboxylic acids is 2. The summed E-state index contributed by atoms with van der Waals surface area (Å²) in [5.41, 5.74) is 0. The van der Waals surface area contributed by atoms with Gasteiger partial charge in [-0.1, -0.05) is 25.7 Å². The number of alkyl halides is 3. The molecule has 7 heteroatoms. The SMILES string of the molecule is O=C(OCC(=O)N(C1CCCC1)C1CC1)C1CCCCC1C(F)(F)F. The van der Waals surface area contributed by atoms with Gasteiger partial charge in [0, 0.05) is 12.1 Å². The van der Waals surface area contributed by atoms with Crippen molar-refractivity contribution in [3.05, 3.63) is 0 Å². The highest BCUT2D eigenvalue weighted by molar-refractivity contribution is 5.82. The Morgan fingerprint density at radius 1 is 0.880 bits per heavy atom. The fourth-order valence-corrected chi connectivity index (χ4v) is 4.36. The first-order valence-electron chi connectivity index (χ1n) is 9.42. The molecular weight excluding hydrogens is 335 g/mol. The zero-order valence-electron chi connectivity index (χ0n) is 14.4. The van der Waals surface area contributed by atoms with Crippen molar-refractivity contribution in [3.8, 4) is 0 Å². The fraction of sp³-hybridized carbons (Fsp3) is 0.889. The van der Waals surface area contributed by atoms with Crippen molar-refractivity contribution in [1.29, 1.82) is 0 Å². The minimum Gasteiger partial charge on any atom is -0.455 e. The lowest BCUT2D eigenvalue weighted by Crippen LogP contribution is -2.44. The van der Waals surface area contributed by atoms with Crippen LogP contribution in [0.1, 0.15) is 64.2 Å². The molecule has 0 radical (unpaired) electrons. The molecular formula is C18H26F3NO3. The van der Waals surface area contributed by atoms with Gasteiger partial charge in [0.05, 0.1) is 11.8 Å². The Hall–Kier alpha value is -1.27. The second-order valence-corrected chi connectivity index (χ2v) is 7.62. The highest BCUT2D eigenvalue weighted by atomic mass is 19.4. The fourth-order valence-electron chi connectivity index (χ4n) is 4.36. The molecule has 0 bridgehead atoms. The van der Waals surface area contributed by atoms with Crippen molar-refractivity contribution >= 4 is 11.9 Å². The van der Waals surface area contributed by atoms with E-state index in [0.717, 1.165) is 38.5 Å². The summed E-state index contributed by atoms with van der Waals surface area (Å²) in [4.78, 5) is 26.5. The Kier molecular flexibility index (Phi) is 5.58. The summed E-state index contributed by atoms with van der Waals surface area (Å²) in [6.07, 6.45) is 2.89. The second kappa shape index (κ2) is 7.54. The quantitative estimate of drug-likeness (QED) is 0.699. The van der Waals surface area contributed by atoms with E-state index in [4.69, 9.17) is 4.74 Å². The van der Waals surface area contributed by atoms with Crippen LogP contribution in [0.2, 0.25) is 0 Å². The van der Waals surface area contributed by atoms with E-state index in [0.29, 0.717) is 12.8 Å². The lowest BCUT2D eigenvalue weighted by atomic mass is 9.79. The number of halogens is 3. The molecule has 0 saturated heterocycles. The van der Waals surface area contributed by atoms with Gasteiger partial charge >= 0.3 is 12.1 Å². The van der Waals surface area contributed by atoms with Crippen LogP contribution in [0.5, 0.6) is 0 Å². The molecule has 4 nitrogen and oxygen atoms in total. The van der Waals surface area contributed by atoms with Crippen molar-refractivity contribution in [2.24, 2.45) is 11.8 Å². The monoisotopic (exact) mass is 361 g/mol. The van der Waals surface area contributed by atoms with Gasteiger partial charge in [-0.15, -0.1) is 0 Å². The van der Waals surface area contributed by atoms with Crippen molar-refractivity contribution in [3.63, 3.8) is 0 Å². The van der Waals surface area contributed by atoms with E-state index >= 15 is 0 Å². The van der Waals surface area contributed by atoms with Gasteiger partial charge in [0.2, 0.25) is 0 Å². The summed E-state index contributed by atoms with van der Waals surface area (Å²) in [5.74, 6) is -3.92. The Balaban J connectivity index is 1.56. The first-order chi connectivity index (χ1) is 11.9. The minimum absolute atomic E-state index is 0.0342. The van der Waals surface area contributed by atoms with Gasteiger partial charge in [-0.2, -0.15) is 13.2 Å². The molecule has 0 spiro atoms. The van der Waals surface area contributed by atoms with Crippen LogP contribution in [-0.4, -0.2) is 41.6 Å². The average Bonchev–Trinajstić information content (AvgIpc) is 3.26. The maximum Gasteiger partial charge on any atom is 0.392 e. The zero-order chi connectivity index (χ0) is 18.0. The second-order valence-electron chi connectivity index (χ2n) is 7.62. The Bertz CT molecular complexity index is 498. The van der Waals surface area contributed by atoms with E-state index in [9.17, 15) is 22.8 Å². The lowest BCUT2D eigenvalue weighted by Gasteiger charge is -2.32. The highest BCUT2D eigenvalue weighted by Crippen LogP contribution is 2.42. The zero-order valence-corrected chi connectivity index (χ0v) is 14.4. The molecule has 0 N–H and O–H groups in total. The maximum atomic E-state index is 13.1. The molecule has 2 unspecified atom stereocenters. The number of ether oxygens (including phenoxy) is 1. The molecule has 3 fully saturated rings. The van der Waals surface area contributed by atoms with E-state index in [-0.39, 0.29) is 30.8 Å². The van der Waals surface area contributed by atoms with E-state index in [1.165, 1.54) is 0 Å². The van der Waals surface area contributed by atoms with Crippen molar-refractivity contribution in [2.45, 2.75) is 82.5 Å². The van der Waals surface area contributed by atoms with Crippen LogP contribution in [0.4, 0.5) is 13.2 Å². The number of hydrogen-bond donors (Lipinski definition) is 0. The molecule has 0 aliphatic heterocycles. The molecule has 3 rings (SSSR count). The van der Waals surface area contributed by atoms with Crippen LogP contribution in [0.25, 0.3) is 0 Å². The summed E-state index contributed by atoms with van der Waals surface area (Å²) >= 11 is 0. The number of amides is 1. The summed E-state index contributed by atoms with van der Waals surface area (Å²) in [6.45, 7) is -0.424. The molecule has 0 heterocycles. The Labute approximate surface area is 146 Å². The molecule has 1 amide bonds. The number of hydrogen-bond acceptors (Lipinski definition) is 3. The largest absolute Gasteiger partial charge is 0.455 e. The van der Waals surface area contributed by atoms with Crippen LogP contribution in [0, 0.1) is 11.8 Å². The predicted molar refractivity (Wildman–Crippen MR) is 84.6 cm³/mol. The number of esters is 1. The third-order valence-corrected chi connectivity index (χ3v) is 5.77. The third-order valence-electron chi connectivity index (χ3n) is 5.77. The molecule has 3 aliphatic rings. The molecule has 3 saturated carbocycles. The molecule has 0 aromatic rings. The van der Waals surface area contributed by atoms with Gasteiger partial charge in [0.25, 0.3) is 5.91 Å². The first kappa shape index (κ1) is 18.5.